The summed E-state index contributed by atoms with van der Waals surface area (Å²) >= 11 is 0. The lowest BCUT2D eigenvalue weighted by atomic mass is 10.0. The standard InChI is InChI=1S/C24H41NO3/c1-28-23-20-21(18-19-22(23)26)16-14-12-10-8-6-4-2-3-5-7-9-11-13-15-17-24(25)27/h18-20,26H,2-17H2,1H3,(H2,25,27). The van der Waals surface area contributed by atoms with E-state index < -0.39 is 0 Å². The third-order valence-electron chi connectivity index (χ3n) is 5.38. The number of hydrogen-bond donors (Lipinski definition) is 2. The highest BCUT2D eigenvalue weighted by Gasteiger charge is 2.02. The van der Waals surface area contributed by atoms with E-state index >= 15 is 0 Å². The Balaban J connectivity index is 1.83. The molecule has 0 aliphatic heterocycles. The summed E-state index contributed by atoms with van der Waals surface area (Å²) in [5.41, 5.74) is 6.37. The van der Waals surface area contributed by atoms with Crippen LogP contribution in [-0.4, -0.2) is 18.1 Å². The molecule has 28 heavy (non-hydrogen) atoms. The first-order valence-corrected chi connectivity index (χ1v) is 11.3. The van der Waals surface area contributed by atoms with Crippen LogP contribution < -0.4 is 10.5 Å². The highest BCUT2D eigenvalue weighted by molar-refractivity contribution is 5.73. The topological polar surface area (TPSA) is 72.5 Å². The molecule has 0 radical (unpaired) electrons. The number of phenolic OH excluding ortho intramolecular Hbond substituents is 1. The van der Waals surface area contributed by atoms with E-state index in [0.29, 0.717) is 12.2 Å². The van der Waals surface area contributed by atoms with Crippen LogP contribution in [-0.2, 0) is 11.2 Å². The molecule has 0 unspecified atom stereocenters. The summed E-state index contributed by atoms with van der Waals surface area (Å²) in [4.78, 5) is 10.6. The van der Waals surface area contributed by atoms with Gasteiger partial charge in [-0.25, -0.2) is 0 Å². The number of hydrogen-bond acceptors (Lipinski definition) is 3. The van der Waals surface area contributed by atoms with Crippen LogP contribution in [0.2, 0.25) is 0 Å². The largest absolute Gasteiger partial charge is 0.504 e. The minimum absolute atomic E-state index is 0.169. The van der Waals surface area contributed by atoms with E-state index in [2.05, 4.69) is 0 Å². The van der Waals surface area contributed by atoms with E-state index in [-0.39, 0.29) is 11.7 Å². The van der Waals surface area contributed by atoms with Crippen molar-refractivity contribution in [2.24, 2.45) is 5.73 Å². The zero-order valence-corrected chi connectivity index (χ0v) is 17.9. The Morgan fingerprint density at radius 2 is 1.29 bits per heavy atom. The Morgan fingerprint density at radius 3 is 1.75 bits per heavy atom. The van der Waals surface area contributed by atoms with Crippen molar-refractivity contribution in [1.82, 2.24) is 0 Å². The van der Waals surface area contributed by atoms with Crippen LogP contribution in [0.4, 0.5) is 0 Å². The lowest BCUT2D eigenvalue weighted by molar-refractivity contribution is -0.118. The van der Waals surface area contributed by atoms with Gasteiger partial charge in [-0.1, -0.05) is 83.1 Å². The number of ether oxygens (including phenoxy) is 1. The molecule has 0 fully saturated rings. The van der Waals surface area contributed by atoms with Gasteiger partial charge in [0.15, 0.2) is 11.5 Å². The van der Waals surface area contributed by atoms with Crippen LogP contribution >= 0.6 is 0 Å². The number of aromatic hydroxyl groups is 1. The molecule has 0 spiro atoms. The second-order valence-corrected chi connectivity index (χ2v) is 7.92. The lowest BCUT2D eigenvalue weighted by Crippen LogP contribution is -2.09. The molecule has 0 saturated heterocycles. The quantitative estimate of drug-likeness (QED) is 0.289. The fourth-order valence-corrected chi connectivity index (χ4v) is 3.63. The van der Waals surface area contributed by atoms with Crippen molar-refractivity contribution >= 4 is 5.91 Å². The van der Waals surface area contributed by atoms with Gasteiger partial charge in [0.1, 0.15) is 0 Å². The van der Waals surface area contributed by atoms with E-state index in [1.807, 2.05) is 12.1 Å². The van der Waals surface area contributed by atoms with Gasteiger partial charge in [-0.3, -0.25) is 4.79 Å². The van der Waals surface area contributed by atoms with Crippen molar-refractivity contribution in [3.8, 4) is 11.5 Å². The maximum Gasteiger partial charge on any atom is 0.217 e. The zero-order chi connectivity index (χ0) is 20.5. The SMILES string of the molecule is COc1cc(CCCCCCCCCCCCCCCCC(N)=O)ccc1O. The molecule has 1 aromatic carbocycles. The monoisotopic (exact) mass is 391 g/mol. The van der Waals surface area contributed by atoms with Gasteiger partial charge in [-0.15, -0.1) is 0 Å². The number of aryl methyl sites for hydroxylation is 1. The van der Waals surface area contributed by atoms with Gasteiger partial charge in [-0.05, 0) is 37.0 Å². The number of rotatable bonds is 18. The molecule has 4 nitrogen and oxygen atoms in total. The van der Waals surface area contributed by atoms with Crippen LogP contribution in [0.25, 0.3) is 0 Å². The first-order valence-electron chi connectivity index (χ1n) is 11.3. The third-order valence-corrected chi connectivity index (χ3v) is 5.38. The van der Waals surface area contributed by atoms with E-state index in [9.17, 15) is 9.90 Å². The van der Waals surface area contributed by atoms with Crippen molar-refractivity contribution < 1.29 is 14.6 Å². The summed E-state index contributed by atoms with van der Waals surface area (Å²) < 4.78 is 5.16. The molecule has 1 amide bonds. The number of unbranched alkanes of at least 4 members (excludes halogenated alkanes) is 13. The third kappa shape index (κ3) is 12.6. The summed E-state index contributed by atoms with van der Waals surface area (Å²) in [6.07, 6.45) is 19.5. The van der Waals surface area contributed by atoms with Gasteiger partial charge >= 0.3 is 0 Å². The summed E-state index contributed by atoms with van der Waals surface area (Å²) in [6, 6.07) is 5.65. The first kappa shape index (κ1) is 24.3. The number of carbonyl (C=O) groups is 1. The van der Waals surface area contributed by atoms with Gasteiger partial charge in [-0.2, -0.15) is 0 Å². The minimum Gasteiger partial charge on any atom is -0.504 e. The van der Waals surface area contributed by atoms with Gasteiger partial charge in [0.25, 0.3) is 0 Å². The Hall–Kier alpha value is -1.71. The fraction of sp³-hybridized carbons (Fsp3) is 0.708. The van der Waals surface area contributed by atoms with Crippen molar-refractivity contribution in [2.45, 2.75) is 103 Å². The Morgan fingerprint density at radius 1 is 0.821 bits per heavy atom. The molecular formula is C24H41NO3. The molecule has 0 aliphatic rings. The van der Waals surface area contributed by atoms with E-state index in [4.69, 9.17) is 10.5 Å². The summed E-state index contributed by atoms with van der Waals surface area (Å²) in [7, 11) is 1.59. The average Bonchev–Trinajstić information content (AvgIpc) is 2.68. The maximum atomic E-state index is 10.6. The maximum absolute atomic E-state index is 10.6. The molecule has 0 saturated carbocycles. The molecule has 0 aliphatic carbocycles. The number of carbonyl (C=O) groups excluding carboxylic acids is 1. The summed E-state index contributed by atoms with van der Waals surface area (Å²) in [5.74, 6) is 0.616. The molecule has 0 heterocycles. The predicted molar refractivity (Wildman–Crippen MR) is 117 cm³/mol. The molecular weight excluding hydrogens is 350 g/mol. The van der Waals surface area contributed by atoms with E-state index in [1.165, 1.54) is 82.6 Å². The Kier molecular flexibility index (Phi) is 14.1. The number of nitrogens with two attached hydrogens (primary N) is 1. The molecule has 1 aromatic rings. The molecule has 160 valence electrons. The highest BCUT2D eigenvalue weighted by atomic mass is 16.5. The van der Waals surface area contributed by atoms with Gasteiger partial charge in [0.2, 0.25) is 5.91 Å². The van der Waals surface area contributed by atoms with Crippen molar-refractivity contribution in [2.75, 3.05) is 7.11 Å². The van der Waals surface area contributed by atoms with Crippen LogP contribution in [0.1, 0.15) is 102 Å². The number of benzene rings is 1. The molecule has 0 aromatic heterocycles. The average molecular weight is 392 g/mol. The molecule has 4 heteroatoms. The number of primary amides is 1. The molecule has 0 atom stereocenters. The van der Waals surface area contributed by atoms with Crippen LogP contribution in [0.15, 0.2) is 18.2 Å². The Labute approximate surface area is 171 Å². The highest BCUT2D eigenvalue weighted by Crippen LogP contribution is 2.27. The minimum atomic E-state index is -0.169. The van der Waals surface area contributed by atoms with E-state index in [1.54, 1.807) is 13.2 Å². The van der Waals surface area contributed by atoms with Crippen molar-refractivity contribution in [1.29, 1.82) is 0 Å². The lowest BCUT2D eigenvalue weighted by Gasteiger charge is -2.07. The van der Waals surface area contributed by atoms with Gasteiger partial charge in [0, 0.05) is 6.42 Å². The van der Waals surface area contributed by atoms with Gasteiger partial charge < -0.3 is 15.6 Å². The molecule has 3 N–H and O–H groups in total. The van der Waals surface area contributed by atoms with Crippen LogP contribution in [0, 0.1) is 0 Å². The number of phenols is 1. The van der Waals surface area contributed by atoms with Crippen molar-refractivity contribution in [3.05, 3.63) is 23.8 Å². The van der Waals surface area contributed by atoms with Crippen LogP contribution in [0.3, 0.4) is 0 Å². The second-order valence-electron chi connectivity index (χ2n) is 7.92. The summed E-state index contributed by atoms with van der Waals surface area (Å²) in [6.45, 7) is 0. The smallest absolute Gasteiger partial charge is 0.217 e. The summed E-state index contributed by atoms with van der Waals surface area (Å²) in [5, 5.41) is 9.62. The fourth-order valence-electron chi connectivity index (χ4n) is 3.63. The molecule has 0 bridgehead atoms. The van der Waals surface area contributed by atoms with Crippen molar-refractivity contribution in [3.63, 3.8) is 0 Å². The van der Waals surface area contributed by atoms with Crippen LogP contribution in [0.5, 0.6) is 11.5 Å². The predicted octanol–water partition coefficient (Wildman–Crippen LogP) is 6.28. The normalized spacial score (nSPS) is 10.9. The number of methoxy groups -OCH3 is 1. The second kappa shape index (κ2) is 16.3. The number of amides is 1. The molecule has 1 rings (SSSR count). The Bertz CT molecular complexity index is 531. The first-order chi connectivity index (χ1) is 13.6. The zero-order valence-electron chi connectivity index (χ0n) is 17.9. The van der Waals surface area contributed by atoms with E-state index in [0.717, 1.165) is 19.3 Å². The van der Waals surface area contributed by atoms with Gasteiger partial charge in [0.05, 0.1) is 7.11 Å².